The second-order valence-electron chi connectivity index (χ2n) is 4.46. The van der Waals surface area contributed by atoms with Crippen molar-refractivity contribution in [2.45, 2.75) is 18.9 Å². The number of aliphatic hydroxyl groups is 1. The number of carbonyl (C=O) groups excluding carboxylic acids is 2. The zero-order valence-corrected chi connectivity index (χ0v) is 10.7. The van der Waals surface area contributed by atoms with Crippen LogP contribution in [-0.4, -0.2) is 36.1 Å². The topological polar surface area (TPSA) is 78.4 Å². The van der Waals surface area contributed by atoms with Crippen LogP contribution in [0.15, 0.2) is 17.5 Å². The fraction of sp³-hybridized carbons (Fsp3) is 0.500. The molecular weight excluding hydrogens is 252 g/mol. The Kier molecular flexibility index (Phi) is 4.33. The largest absolute Gasteiger partial charge is 0.393 e. The lowest BCUT2D eigenvalue weighted by Crippen LogP contribution is -2.42. The van der Waals surface area contributed by atoms with Crippen LogP contribution in [0.3, 0.4) is 0 Å². The average molecular weight is 268 g/mol. The van der Waals surface area contributed by atoms with Gasteiger partial charge in [0, 0.05) is 6.54 Å². The zero-order valence-electron chi connectivity index (χ0n) is 9.89. The zero-order chi connectivity index (χ0) is 13.0. The summed E-state index contributed by atoms with van der Waals surface area (Å²) in [6.07, 6.45) is 1.30. The Labute approximate surface area is 109 Å². The van der Waals surface area contributed by atoms with Crippen LogP contribution in [0.25, 0.3) is 0 Å². The Hall–Kier alpha value is -1.40. The molecule has 0 saturated heterocycles. The van der Waals surface area contributed by atoms with Gasteiger partial charge in [0.15, 0.2) is 0 Å². The van der Waals surface area contributed by atoms with Crippen molar-refractivity contribution in [1.29, 1.82) is 0 Å². The van der Waals surface area contributed by atoms with Gasteiger partial charge in [-0.1, -0.05) is 6.07 Å². The first-order valence-electron chi connectivity index (χ1n) is 5.91. The second kappa shape index (κ2) is 5.97. The van der Waals surface area contributed by atoms with E-state index in [4.69, 9.17) is 5.11 Å². The van der Waals surface area contributed by atoms with E-state index in [1.54, 1.807) is 12.1 Å². The monoisotopic (exact) mass is 268 g/mol. The van der Waals surface area contributed by atoms with Gasteiger partial charge in [0.05, 0.1) is 17.5 Å². The van der Waals surface area contributed by atoms with Gasteiger partial charge in [-0.25, -0.2) is 0 Å². The maximum absolute atomic E-state index is 11.5. The first-order valence-corrected chi connectivity index (χ1v) is 6.79. The smallest absolute Gasteiger partial charge is 0.261 e. The van der Waals surface area contributed by atoms with Gasteiger partial charge in [0.25, 0.3) is 5.91 Å². The molecule has 0 bridgehead atoms. The van der Waals surface area contributed by atoms with Crippen LogP contribution >= 0.6 is 11.3 Å². The van der Waals surface area contributed by atoms with Crippen LogP contribution in [0.5, 0.6) is 0 Å². The minimum Gasteiger partial charge on any atom is -0.393 e. The van der Waals surface area contributed by atoms with Gasteiger partial charge in [-0.05, 0) is 30.2 Å². The van der Waals surface area contributed by atoms with E-state index in [-0.39, 0.29) is 24.5 Å². The summed E-state index contributed by atoms with van der Waals surface area (Å²) in [5.41, 5.74) is 0. The normalized spacial score (nSPS) is 22.1. The summed E-state index contributed by atoms with van der Waals surface area (Å²) >= 11 is 1.34. The fourth-order valence-corrected chi connectivity index (χ4v) is 2.48. The Balaban J connectivity index is 1.61. The van der Waals surface area contributed by atoms with Gasteiger partial charge in [-0.15, -0.1) is 11.3 Å². The summed E-state index contributed by atoms with van der Waals surface area (Å²) in [5.74, 6) is -0.0440. The summed E-state index contributed by atoms with van der Waals surface area (Å²) < 4.78 is 0. The molecule has 3 N–H and O–H groups in total. The SMILES string of the molecule is O=C(CNC(=O)c1cccs1)NCC1CC(O)C1. The third-order valence-corrected chi connectivity index (χ3v) is 3.82. The Morgan fingerprint density at radius 2 is 2.17 bits per heavy atom. The first-order chi connectivity index (χ1) is 8.65. The molecule has 1 aliphatic carbocycles. The summed E-state index contributed by atoms with van der Waals surface area (Å²) in [7, 11) is 0. The number of rotatable bonds is 5. The van der Waals surface area contributed by atoms with E-state index < -0.39 is 0 Å². The molecule has 1 aliphatic rings. The predicted octanol–water partition coefficient (Wildman–Crippen LogP) is 0.365. The molecule has 1 aromatic heterocycles. The van der Waals surface area contributed by atoms with Crippen LogP contribution in [0, 0.1) is 5.92 Å². The molecule has 18 heavy (non-hydrogen) atoms. The molecule has 0 spiro atoms. The van der Waals surface area contributed by atoms with Crippen molar-refractivity contribution in [2.24, 2.45) is 5.92 Å². The minimum absolute atomic E-state index is 0.00793. The maximum atomic E-state index is 11.5. The lowest BCUT2D eigenvalue weighted by Gasteiger charge is -2.31. The molecule has 98 valence electrons. The highest BCUT2D eigenvalue weighted by Gasteiger charge is 2.27. The number of hydrogen-bond donors (Lipinski definition) is 3. The Morgan fingerprint density at radius 1 is 1.39 bits per heavy atom. The van der Waals surface area contributed by atoms with Crippen molar-refractivity contribution < 1.29 is 14.7 Å². The van der Waals surface area contributed by atoms with Gasteiger partial charge >= 0.3 is 0 Å². The predicted molar refractivity (Wildman–Crippen MR) is 68.4 cm³/mol. The maximum Gasteiger partial charge on any atom is 0.261 e. The number of hydrogen-bond acceptors (Lipinski definition) is 4. The van der Waals surface area contributed by atoms with Crippen LogP contribution in [0.1, 0.15) is 22.5 Å². The summed E-state index contributed by atoms with van der Waals surface area (Å²) in [5, 5.41) is 16.2. The molecule has 1 saturated carbocycles. The van der Waals surface area contributed by atoms with E-state index in [9.17, 15) is 9.59 Å². The molecule has 6 heteroatoms. The van der Waals surface area contributed by atoms with E-state index >= 15 is 0 Å². The standard InChI is InChI=1S/C12H16N2O3S/c15-9-4-8(5-9)6-13-11(16)7-14-12(17)10-2-1-3-18-10/h1-3,8-9,15H,4-7H2,(H,13,16)(H,14,17). The molecule has 0 unspecified atom stereocenters. The summed E-state index contributed by atoms with van der Waals surface area (Å²) in [6.45, 7) is 0.566. The van der Waals surface area contributed by atoms with Crippen LogP contribution < -0.4 is 10.6 Å². The molecule has 2 amide bonds. The van der Waals surface area contributed by atoms with Crippen LogP contribution in [-0.2, 0) is 4.79 Å². The van der Waals surface area contributed by atoms with Gasteiger partial charge in [0.1, 0.15) is 0 Å². The van der Waals surface area contributed by atoms with Crippen molar-refractivity contribution in [2.75, 3.05) is 13.1 Å². The number of amides is 2. The molecule has 1 aromatic rings. The number of thiophene rings is 1. The number of carbonyl (C=O) groups is 2. The van der Waals surface area contributed by atoms with Gasteiger partial charge in [-0.3, -0.25) is 9.59 Å². The molecule has 1 fully saturated rings. The van der Waals surface area contributed by atoms with Crippen molar-refractivity contribution in [3.05, 3.63) is 22.4 Å². The van der Waals surface area contributed by atoms with Gasteiger partial charge in [-0.2, -0.15) is 0 Å². The fourth-order valence-electron chi connectivity index (χ4n) is 1.84. The summed E-state index contributed by atoms with van der Waals surface area (Å²) in [4.78, 5) is 23.6. The molecule has 0 aliphatic heterocycles. The molecule has 0 radical (unpaired) electrons. The van der Waals surface area contributed by atoms with Crippen molar-refractivity contribution >= 4 is 23.2 Å². The van der Waals surface area contributed by atoms with Crippen LogP contribution in [0.4, 0.5) is 0 Å². The van der Waals surface area contributed by atoms with Crippen molar-refractivity contribution in [1.82, 2.24) is 10.6 Å². The Morgan fingerprint density at radius 3 is 2.78 bits per heavy atom. The molecule has 2 rings (SSSR count). The van der Waals surface area contributed by atoms with E-state index in [0.29, 0.717) is 17.3 Å². The van der Waals surface area contributed by atoms with E-state index in [0.717, 1.165) is 12.8 Å². The lowest BCUT2D eigenvalue weighted by atomic mass is 9.82. The highest BCUT2D eigenvalue weighted by Crippen LogP contribution is 2.25. The van der Waals surface area contributed by atoms with Gasteiger partial charge in [0.2, 0.25) is 5.91 Å². The number of aliphatic hydroxyl groups excluding tert-OH is 1. The third-order valence-electron chi connectivity index (χ3n) is 2.95. The molecule has 0 atom stereocenters. The van der Waals surface area contributed by atoms with Crippen LogP contribution in [0.2, 0.25) is 0 Å². The Bertz CT molecular complexity index is 413. The van der Waals surface area contributed by atoms with Crippen molar-refractivity contribution in [3.63, 3.8) is 0 Å². The summed E-state index contributed by atoms with van der Waals surface area (Å²) in [6, 6.07) is 3.51. The van der Waals surface area contributed by atoms with E-state index in [2.05, 4.69) is 10.6 Å². The number of nitrogens with one attached hydrogen (secondary N) is 2. The highest BCUT2D eigenvalue weighted by atomic mass is 32.1. The quantitative estimate of drug-likeness (QED) is 0.721. The van der Waals surface area contributed by atoms with Gasteiger partial charge < -0.3 is 15.7 Å². The van der Waals surface area contributed by atoms with E-state index in [1.165, 1.54) is 11.3 Å². The minimum atomic E-state index is -0.223. The highest BCUT2D eigenvalue weighted by molar-refractivity contribution is 7.12. The second-order valence-corrected chi connectivity index (χ2v) is 5.40. The van der Waals surface area contributed by atoms with Crippen molar-refractivity contribution in [3.8, 4) is 0 Å². The average Bonchev–Trinajstić information content (AvgIpc) is 2.83. The van der Waals surface area contributed by atoms with E-state index in [1.807, 2.05) is 5.38 Å². The lowest BCUT2D eigenvalue weighted by molar-refractivity contribution is -0.120. The first kappa shape index (κ1) is 13.0. The third kappa shape index (κ3) is 3.54. The molecule has 5 nitrogen and oxygen atoms in total. The molecule has 0 aromatic carbocycles. The molecule has 1 heterocycles. The molecular formula is C12H16N2O3S.